The van der Waals surface area contributed by atoms with Gasteiger partial charge in [-0.05, 0) is 57.5 Å². The highest BCUT2D eigenvalue weighted by Crippen LogP contribution is 2.26. The van der Waals surface area contributed by atoms with Crippen LogP contribution in [0, 0.1) is 11.8 Å². The lowest BCUT2D eigenvalue weighted by Crippen LogP contribution is -2.23. The Morgan fingerprint density at radius 3 is 1.67 bits per heavy atom. The normalized spacial score (nSPS) is 26.3. The van der Waals surface area contributed by atoms with Gasteiger partial charge in [0.15, 0.2) is 0 Å². The monoisotopic (exact) mass is 469 g/mol. The largest absolute Gasteiger partial charge is 0.356 e. The van der Waals surface area contributed by atoms with E-state index in [1.54, 1.807) is 0 Å². The number of nitrogens with one attached hydrogen (secondary N) is 2. The Hall–Kier alpha value is -1.10. The van der Waals surface area contributed by atoms with Gasteiger partial charge in [-0.25, -0.2) is 0 Å². The maximum absolute atomic E-state index is 10.5. The van der Waals surface area contributed by atoms with E-state index < -0.39 is 0 Å². The third-order valence-electron chi connectivity index (χ3n) is 7.41. The molecule has 5 nitrogen and oxygen atoms in total. The number of amides is 2. The van der Waals surface area contributed by atoms with Gasteiger partial charge in [-0.2, -0.15) is 0 Å². The molecule has 0 radical (unpaired) electrons. The van der Waals surface area contributed by atoms with Crippen molar-refractivity contribution < 1.29 is 9.59 Å². The molecule has 5 heteroatoms. The predicted molar refractivity (Wildman–Crippen MR) is 145 cm³/mol. The third kappa shape index (κ3) is 14.7. The molecule has 0 spiro atoms. The molecule has 198 valence electrons. The van der Waals surface area contributed by atoms with Gasteiger partial charge >= 0.3 is 0 Å². The van der Waals surface area contributed by atoms with Crippen molar-refractivity contribution in [1.29, 1.82) is 0 Å². The Morgan fingerprint density at radius 1 is 0.788 bits per heavy atom. The molecule has 2 N–H and O–H groups in total. The van der Waals surface area contributed by atoms with Crippen molar-refractivity contribution in [1.82, 2.24) is 15.5 Å². The van der Waals surface area contributed by atoms with Gasteiger partial charge in [-0.1, -0.05) is 81.1 Å². The number of hydrogen-bond acceptors (Lipinski definition) is 3. The molecule has 0 aromatic carbocycles. The van der Waals surface area contributed by atoms with Crippen LogP contribution in [0.4, 0.5) is 0 Å². The van der Waals surface area contributed by atoms with E-state index in [2.05, 4.69) is 50.3 Å². The third-order valence-corrected chi connectivity index (χ3v) is 7.41. The molecule has 1 aliphatic carbocycles. The molecule has 3 atom stereocenters. The standard InChI is InChI=1S/C7H15N.C7H14.2C6H11NO.2CH4/c1-3-7-5-4-6-8(7)2;1-2-7-5-3-4-6-7;1-2-5-3-6(8)7-4-5;1-2-5-3-4-6(8)7-5;;/h7H,3-6H2,1-2H3;7H,2-6H2,1H3;2*5H,2-4H2,1H3,(H,7,8);2*1H4. The average molecular weight is 470 g/mol. The molecule has 1 saturated carbocycles. The minimum Gasteiger partial charge on any atom is -0.356 e. The van der Waals surface area contributed by atoms with Gasteiger partial charge < -0.3 is 15.5 Å². The molecule has 0 aromatic rings. The topological polar surface area (TPSA) is 61.4 Å². The van der Waals surface area contributed by atoms with Crippen LogP contribution in [0.3, 0.4) is 0 Å². The molecule has 0 aromatic heterocycles. The van der Waals surface area contributed by atoms with E-state index in [1.165, 1.54) is 57.9 Å². The van der Waals surface area contributed by atoms with Crippen LogP contribution in [0.5, 0.6) is 0 Å². The molecular weight excluding hydrogens is 410 g/mol. The second kappa shape index (κ2) is 20.3. The molecule has 3 unspecified atom stereocenters. The van der Waals surface area contributed by atoms with E-state index >= 15 is 0 Å². The van der Waals surface area contributed by atoms with Crippen LogP contribution in [0.1, 0.15) is 126 Å². The van der Waals surface area contributed by atoms with Gasteiger partial charge in [0.1, 0.15) is 0 Å². The van der Waals surface area contributed by atoms with Crippen LogP contribution in [-0.2, 0) is 9.59 Å². The van der Waals surface area contributed by atoms with Crippen molar-refractivity contribution in [2.75, 3.05) is 20.1 Å². The maximum atomic E-state index is 10.5. The first-order chi connectivity index (χ1) is 14.9. The molecule has 0 bridgehead atoms. The summed E-state index contributed by atoms with van der Waals surface area (Å²) in [6, 6.07) is 1.37. The quantitative estimate of drug-likeness (QED) is 0.490. The Balaban J connectivity index is 0. The predicted octanol–water partition coefficient (Wildman–Crippen LogP) is 6.56. The van der Waals surface area contributed by atoms with Crippen molar-refractivity contribution in [2.45, 2.75) is 138 Å². The zero-order valence-corrected chi connectivity index (χ0v) is 21.2. The first-order valence-corrected chi connectivity index (χ1v) is 13.2. The Kier molecular flexibility index (Phi) is 20.9. The van der Waals surface area contributed by atoms with Crippen molar-refractivity contribution >= 4 is 11.8 Å². The zero-order chi connectivity index (χ0) is 23.1. The number of rotatable bonds is 4. The lowest BCUT2D eigenvalue weighted by Gasteiger charge is -2.16. The maximum Gasteiger partial charge on any atom is 0.220 e. The van der Waals surface area contributed by atoms with Gasteiger partial charge in [-0.15, -0.1) is 0 Å². The van der Waals surface area contributed by atoms with E-state index in [9.17, 15) is 9.59 Å². The number of likely N-dealkylation sites (tertiary alicyclic amines) is 1. The molecule has 4 fully saturated rings. The lowest BCUT2D eigenvalue weighted by molar-refractivity contribution is -0.120. The Morgan fingerprint density at radius 2 is 1.42 bits per heavy atom. The van der Waals surface area contributed by atoms with Crippen molar-refractivity contribution in [2.24, 2.45) is 11.8 Å². The van der Waals surface area contributed by atoms with Gasteiger partial charge in [-0.3, -0.25) is 9.59 Å². The minimum absolute atomic E-state index is 0. The Labute approximate surface area is 207 Å². The van der Waals surface area contributed by atoms with Crippen LogP contribution in [0.25, 0.3) is 0 Å². The number of carbonyl (C=O) groups is 2. The number of hydrogen-bond donors (Lipinski definition) is 2. The summed E-state index contributed by atoms with van der Waals surface area (Å²) in [5.41, 5.74) is 0. The summed E-state index contributed by atoms with van der Waals surface area (Å²) in [7, 11) is 2.22. The average Bonchev–Trinajstić information content (AvgIpc) is 3.58. The first kappa shape index (κ1) is 34.1. The summed E-state index contributed by atoms with van der Waals surface area (Å²) < 4.78 is 0. The van der Waals surface area contributed by atoms with E-state index in [0.717, 1.165) is 50.6 Å². The summed E-state index contributed by atoms with van der Waals surface area (Å²) in [6.07, 6.45) is 16.3. The fraction of sp³-hybridized carbons (Fsp3) is 0.929. The van der Waals surface area contributed by atoms with Gasteiger partial charge in [0.05, 0.1) is 0 Å². The summed E-state index contributed by atoms with van der Waals surface area (Å²) in [5.74, 6) is 2.15. The van der Waals surface area contributed by atoms with Crippen LogP contribution < -0.4 is 10.6 Å². The molecule has 4 aliphatic rings. The minimum atomic E-state index is 0. The van der Waals surface area contributed by atoms with Gasteiger partial charge in [0.2, 0.25) is 11.8 Å². The van der Waals surface area contributed by atoms with Gasteiger partial charge in [0, 0.05) is 31.5 Å². The molecule has 2 amide bonds. The zero-order valence-electron chi connectivity index (χ0n) is 21.2. The van der Waals surface area contributed by atoms with Crippen molar-refractivity contribution in [3.8, 4) is 0 Å². The van der Waals surface area contributed by atoms with E-state index in [-0.39, 0.29) is 26.7 Å². The molecule has 3 saturated heterocycles. The summed E-state index contributed by atoms with van der Waals surface area (Å²) in [4.78, 5) is 23.5. The van der Waals surface area contributed by atoms with Crippen molar-refractivity contribution in [3.05, 3.63) is 0 Å². The summed E-state index contributed by atoms with van der Waals surface area (Å²) in [6.45, 7) is 11.0. The molecular formula is C28H59N3O2. The first-order valence-electron chi connectivity index (χ1n) is 13.2. The van der Waals surface area contributed by atoms with E-state index in [4.69, 9.17) is 0 Å². The fourth-order valence-corrected chi connectivity index (χ4v) is 4.85. The summed E-state index contributed by atoms with van der Waals surface area (Å²) >= 11 is 0. The second-order valence-electron chi connectivity index (χ2n) is 9.74. The van der Waals surface area contributed by atoms with Crippen molar-refractivity contribution in [3.63, 3.8) is 0 Å². The molecule has 33 heavy (non-hydrogen) atoms. The molecule has 3 aliphatic heterocycles. The summed E-state index contributed by atoms with van der Waals surface area (Å²) in [5, 5.41) is 5.65. The number of nitrogens with zero attached hydrogens (tertiary/aromatic N) is 1. The van der Waals surface area contributed by atoms with Gasteiger partial charge in [0.25, 0.3) is 0 Å². The SMILES string of the molecule is C.C.CCC1CCC(=O)N1.CCC1CCCC1.CCC1CCCN1C.CCC1CNC(=O)C1. The highest BCUT2D eigenvalue weighted by Gasteiger charge is 2.19. The second-order valence-corrected chi connectivity index (χ2v) is 9.74. The lowest BCUT2D eigenvalue weighted by atomic mass is 10.1. The van der Waals surface area contributed by atoms with Crippen LogP contribution >= 0.6 is 0 Å². The van der Waals surface area contributed by atoms with Crippen LogP contribution in [0.2, 0.25) is 0 Å². The smallest absolute Gasteiger partial charge is 0.220 e. The highest BCUT2D eigenvalue weighted by molar-refractivity contribution is 5.78. The van der Waals surface area contributed by atoms with Crippen LogP contribution in [-0.4, -0.2) is 48.9 Å². The van der Waals surface area contributed by atoms with E-state index in [0.29, 0.717) is 12.0 Å². The Bertz CT molecular complexity index is 466. The fourth-order valence-electron chi connectivity index (χ4n) is 4.85. The highest BCUT2D eigenvalue weighted by atomic mass is 16.2. The molecule has 3 heterocycles. The van der Waals surface area contributed by atoms with E-state index in [1.807, 2.05) is 0 Å². The molecule has 4 rings (SSSR count). The van der Waals surface area contributed by atoms with Crippen LogP contribution in [0.15, 0.2) is 0 Å². The number of carbonyl (C=O) groups excluding carboxylic acids is 2.